The van der Waals surface area contributed by atoms with Gasteiger partial charge in [-0.15, -0.1) is 0 Å². The third-order valence-corrected chi connectivity index (χ3v) is 3.33. The van der Waals surface area contributed by atoms with Crippen LogP contribution >= 0.6 is 46.4 Å². The molecule has 72 valence electrons. The fourth-order valence-electron chi connectivity index (χ4n) is 1.17. The lowest BCUT2D eigenvalue weighted by Crippen LogP contribution is -1.95. The van der Waals surface area contributed by atoms with E-state index in [0.717, 1.165) is 0 Å². The topological polar surface area (TPSA) is 29.4 Å². The maximum absolute atomic E-state index is 11.3. The number of halogens is 4. The third kappa shape index (κ3) is 1.34. The first-order chi connectivity index (χ1) is 6.52. The number of rotatable bonds is 0. The van der Waals surface area contributed by atoms with Crippen molar-refractivity contribution in [3.8, 4) is 0 Å². The van der Waals surface area contributed by atoms with Gasteiger partial charge in [-0.05, 0) is 6.07 Å². The lowest BCUT2D eigenvalue weighted by atomic mass is 10.1. The summed E-state index contributed by atoms with van der Waals surface area (Å²) in [4.78, 5) is 14.8. The Balaban J connectivity index is 2.83. The summed E-state index contributed by atoms with van der Waals surface area (Å²) in [6.45, 7) is 0. The van der Waals surface area contributed by atoms with Gasteiger partial charge in [-0.2, -0.15) is 4.99 Å². The molecule has 1 heterocycles. The van der Waals surface area contributed by atoms with Gasteiger partial charge >= 0.3 is 0 Å². The Bertz CT molecular complexity index is 481. The Kier molecular flexibility index (Phi) is 2.48. The van der Waals surface area contributed by atoms with Crippen molar-refractivity contribution in [2.45, 2.75) is 0 Å². The van der Waals surface area contributed by atoms with E-state index in [4.69, 9.17) is 46.4 Å². The van der Waals surface area contributed by atoms with Crippen molar-refractivity contribution in [2.24, 2.45) is 4.99 Å². The zero-order valence-corrected chi connectivity index (χ0v) is 9.47. The number of benzene rings is 1. The minimum Gasteiger partial charge on any atom is -0.267 e. The van der Waals surface area contributed by atoms with Crippen LogP contribution in [0, 0.1) is 0 Å². The Morgan fingerprint density at radius 2 is 1.71 bits per heavy atom. The molecule has 0 fully saturated rings. The summed E-state index contributed by atoms with van der Waals surface area (Å²) in [6, 6.07) is 1.41. The van der Waals surface area contributed by atoms with Gasteiger partial charge in [-0.25, -0.2) is 0 Å². The molecule has 1 aliphatic rings. The molecule has 1 aromatic rings. The van der Waals surface area contributed by atoms with Crippen molar-refractivity contribution >= 4 is 57.5 Å². The van der Waals surface area contributed by atoms with E-state index in [0.29, 0.717) is 5.56 Å². The molecule has 2 rings (SSSR count). The van der Waals surface area contributed by atoms with Gasteiger partial charge in [-0.3, -0.25) is 4.79 Å². The highest BCUT2D eigenvalue weighted by molar-refractivity contribution is 6.73. The van der Waals surface area contributed by atoms with Crippen molar-refractivity contribution < 1.29 is 4.79 Å². The fraction of sp³-hybridized carbons (Fsp3) is 0. The van der Waals surface area contributed by atoms with E-state index in [1.807, 2.05) is 0 Å². The molecule has 0 spiro atoms. The summed E-state index contributed by atoms with van der Waals surface area (Å²) in [5.41, 5.74) is 0.641. The van der Waals surface area contributed by atoms with Crippen molar-refractivity contribution in [3.05, 3.63) is 32.3 Å². The standard InChI is InChI=1S/C8HCl4NO/c9-3-1-2-4(6(11)5(3)10)7(12)13-8(2)14/h1H. The van der Waals surface area contributed by atoms with Gasteiger partial charge in [-0.1, -0.05) is 46.4 Å². The molecule has 6 heteroatoms. The number of fused-ring (bicyclic) bond motifs is 1. The first-order valence-corrected chi connectivity index (χ1v) is 5.00. The molecule has 1 amide bonds. The van der Waals surface area contributed by atoms with E-state index >= 15 is 0 Å². The predicted octanol–water partition coefficient (Wildman–Crippen LogP) is 3.79. The lowest BCUT2D eigenvalue weighted by molar-refractivity contribution is 0.101. The van der Waals surface area contributed by atoms with Crippen LogP contribution in [0.25, 0.3) is 0 Å². The Morgan fingerprint density at radius 3 is 2.36 bits per heavy atom. The molecule has 0 saturated carbocycles. The molecule has 1 aliphatic heterocycles. The van der Waals surface area contributed by atoms with E-state index < -0.39 is 5.91 Å². The molecule has 0 bridgehead atoms. The maximum Gasteiger partial charge on any atom is 0.279 e. The van der Waals surface area contributed by atoms with Gasteiger partial charge in [0, 0.05) is 5.56 Å². The summed E-state index contributed by atoms with van der Waals surface area (Å²) in [6.07, 6.45) is 0. The fourth-order valence-corrected chi connectivity index (χ4v) is 2.19. The first-order valence-electron chi connectivity index (χ1n) is 3.48. The van der Waals surface area contributed by atoms with Gasteiger partial charge < -0.3 is 0 Å². The number of carbonyl (C=O) groups excluding carboxylic acids is 1. The number of hydrogen-bond acceptors (Lipinski definition) is 1. The zero-order chi connectivity index (χ0) is 10.5. The van der Waals surface area contributed by atoms with Crippen LogP contribution in [0.3, 0.4) is 0 Å². The summed E-state index contributed by atoms with van der Waals surface area (Å²) in [5, 5.41) is 0.600. The predicted molar refractivity (Wildman–Crippen MR) is 58.2 cm³/mol. The van der Waals surface area contributed by atoms with E-state index in [1.54, 1.807) is 0 Å². The summed E-state index contributed by atoms with van der Waals surface area (Å²) in [5.74, 6) is -0.453. The molecule has 0 atom stereocenters. The van der Waals surface area contributed by atoms with Crippen LogP contribution < -0.4 is 0 Å². The van der Waals surface area contributed by atoms with Crippen LogP contribution in [-0.2, 0) is 0 Å². The van der Waals surface area contributed by atoms with Crippen LogP contribution in [0.2, 0.25) is 15.1 Å². The van der Waals surface area contributed by atoms with Crippen LogP contribution in [0.4, 0.5) is 0 Å². The van der Waals surface area contributed by atoms with Gasteiger partial charge in [0.1, 0.15) is 5.17 Å². The number of hydrogen-bond donors (Lipinski definition) is 0. The molecular formula is C8HCl4NO. The van der Waals surface area contributed by atoms with E-state index in [9.17, 15) is 4.79 Å². The van der Waals surface area contributed by atoms with E-state index in [-0.39, 0.29) is 25.8 Å². The molecule has 0 aromatic heterocycles. The highest BCUT2D eigenvalue weighted by Gasteiger charge is 2.27. The molecule has 14 heavy (non-hydrogen) atoms. The summed E-state index contributed by atoms with van der Waals surface area (Å²) < 4.78 is 0. The number of aliphatic imine (C=N–C) groups is 1. The van der Waals surface area contributed by atoms with Crippen molar-refractivity contribution in [1.29, 1.82) is 0 Å². The summed E-state index contributed by atoms with van der Waals surface area (Å²) >= 11 is 23.1. The molecule has 0 saturated heterocycles. The average Bonchev–Trinajstić information content (AvgIpc) is 2.38. The molecule has 0 N–H and O–H groups in total. The van der Waals surface area contributed by atoms with Gasteiger partial charge in [0.15, 0.2) is 0 Å². The van der Waals surface area contributed by atoms with Crippen molar-refractivity contribution in [1.82, 2.24) is 0 Å². The maximum atomic E-state index is 11.3. The monoisotopic (exact) mass is 267 g/mol. The van der Waals surface area contributed by atoms with Gasteiger partial charge in [0.05, 0.1) is 20.6 Å². The number of nitrogens with zero attached hydrogens (tertiary/aromatic N) is 1. The second-order valence-corrected chi connectivity index (χ2v) is 4.14. The Labute approximate surface area is 99.4 Å². The number of carbonyl (C=O) groups is 1. The Hall–Kier alpha value is -0.280. The molecule has 0 radical (unpaired) electrons. The average molecular weight is 269 g/mol. The van der Waals surface area contributed by atoms with E-state index in [2.05, 4.69) is 4.99 Å². The summed E-state index contributed by atoms with van der Waals surface area (Å²) in [7, 11) is 0. The molecule has 0 aliphatic carbocycles. The lowest BCUT2D eigenvalue weighted by Gasteiger charge is -2.04. The second-order valence-electron chi connectivity index (χ2n) is 2.62. The SMILES string of the molecule is O=C1N=C(Cl)c2c1cc(Cl)c(Cl)c2Cl. The third-order valence-electron chi connectivity index (χ3n) is 1.80. The number of amides is 1. The van der Waals surface area contributed by atoms with Crippen LogP contribution in [0.15, 0.2) is 11.1 Å². The van der Waals surface area contributed by atoms with Gasteiger partial charge in [0.25, 0.3) is 5.91 Å². The van der Waals surface area contributed by atoms with Crippen LogP contribution in [0.1, 0.15) is 15.9 Å². The highest BCUT2D eigenvalue weighted by Crippen LogP contribution is 2.38. The van der Waals surface area contributed by atoms with Crippen LogP contribution in [0.5, 0.6) is 0 Å². The van der Waals surface area contributed by atoms with E-state index in [1.165, 1.54) is 6.07 Å². The normalized spacial score (nSPS) is 14.3. The minimum absolute atomic E-state index is 0.0496. The molecular weight excluding hydrogens is 268 g/mol. The second kappa shape index (κ2) is 3.38. The zero-order valence-electron chi connectivity index (χ0n) is 6.44. The largest absolute Gasteiger partial charge is 0.279 e. The van der Waals surface area contributed by atoms with Crippen molar-refractivity contribution in [3.63, 3.8) is 0 Å². The van der Waals surface area contributed by atoms with Crippen molar-refractivity contribution in [2.75, 3.05) is 0 Å². The molecule has 2 nitrogen and oxygen atoms in total. The quantitative estimate of drug-likeness (QED) is 0.659. The highest BCUT2D eigenvalue weighted by atomic mass is 35.5. The first kappa shape index (κ1) is 10.2. The molecule has 0 unspecified atom stereocenters. The van der Waals surface area contributed by atoms with Crippen LogP contribution in [-0.4, -0.2) is 11.1 Å². The Morgan fingerprint density at radius 1 is 1.07 bits per heavy atom. The molecule has 1 aromatic carbocycles. The van der Waals surface area contributed by atoms with Gasteiger partial charge in [0.2, 0.25) is 0 Å². The smallest absolute Gasteiger partial charge is 0.267 e. The minimum atomic E-state index is -0.453.